The van der Waals surface area contributed by atoms with Crippen LogP contribution in [0.25, 0.3) is 0 Å². The molecule has 92 valence electrons. The molecule has 0 aliphatic heterocycles. The molecule has 2 aromatic carbocycles. The molecule has 0 heterocycles. The van der Waals surface area contributed by atoms with Crippen molar-refractivity contribution in [3.05, 3.63) is 65.2 Å². The van der Waals surface area contributed by atoms with Gasteiger partial charge in [0.2, 0.25) is 0 Å². The van der Waals surface area contributed by atoms with E-state index in [0.29, 0.717) is 11.6 Å². The molecule has 0 radical (unpaired) electrons. The molecule has 0 aliphatic carbocycles. The number of rotatable bonds is 4. The van der Waals surface area contributed by atoms with E-state index in [9.17, 15) is 0 Å². The first kappa shape index (κ1) is 12.6. The average Bonchev–Trinajstić information content (AvgIpc) is 2.38. The fraction of sp³-hybridized carbons (Fsp3) is 0.133. The fourth-order valence-corrected chi connectivity index (χ4v) is 1.74. The van der Waals surface area contributed by atoms with Gasteiger partial charge in [-0.2, -0.15) is 0 Å². The highest BCUT2D eigenvalue weighted by molar-refractivity contribution is 7.80. The van der Waals surface area contributed by atoms with Crippen LogP contribution in [0.1, 0.15) is 16.7 Å². The van der Waals surface area contributed by atoms with Gasteiger partial charge >= 0.3 is 0 Å². The van der Waals surface area contributed by atoms with Gasteiger partial charge in [0.05, 0.1) is 0 Å². The van der Waals surface area contributed by atoms with E-state index < -0.39 is 0 Å². The molecular weight excluding hydrogens is 242 g/mol. The third kappa shape index (κ3) is 3.31. The predicted octanol–water partition coefficient (Wildman–Crippen LogP) is 3.21. The first-order valence-corrected chi connectivity index (χ1v) is 6.14. The Labute approximate surface area is 112 Å². The molecule has 18 heavy (non-hydrogen) atoms. The molecule has 0 saturated carbocycles. The molecule has 0 unspecified atom stereocenters. The maximum atomic E-state index is 5.70. The van der Waals surface area contributed by atoms with E-state index >= 15 is 0 Å². The normalized spacial score (nSPS) is 10.1. The zero-order chi connectivity index (χ0) is 13.0. The average molecular weight is 257 g/mol. The second kappa shape index (κ2) is 5.65. The van der Waals surface area contributed by atoms with Gasteiger partial charge in [-0.25, -0.2) is 0 Å². The molecule has 2 aromatic rings. The van der Waals surface area contributed by atoms with Crippen molar-refractivity contribution in [3.63, 3.8) is 0 Å². The summed E-state index contributed by atoms with van der Waals surface area (Å²) in [4.78, 5) is 0.409. The molecule has 0 fully saturated rings. The van der Waals surface area contributed by atoms with Crippen molar-refractivity contribution in [2.75, 3.05) is 0 Å². The lowest BCUT2D eigenvalue weighted by Gasteiger charge is -2.07. The van der Waals surface area contributed by atoms with Crippen molar-refractivity contribution < 1.29 is 4.74 Å². The highest BCUT2D eigenvalue weighted by Gasteiger charge is 1.99. The van der Waals surface area contributed by atoms with Crippen molar-refractivity contribution in [1.29, 1.82) is 0 Å². The highest BCUT2D eigenvalue weighted by atomic mass is 32.1. The van der Waals surface area contributed by atoms with Crippen molar-refractivity contribution in [2.45, 2.75) is 13.5 Å². The zero-order valence-electron chi connectivity index (χ0n) is 10.2. The quantitative estimate of drug-likeness (QED) is 0.854. The van der Waals surface area contributed by atoms with Crippen LogP contribution in [0.3, 0.4) is 0 Å². The Kier molecular flexibility index (Phi) is 3.95. The Morgan fingerprint density at radius 1 is 1.17 bits per heavy atom. The van der Waals surface area contributed by atoms with Gasteiger partial charge in [0.25, 0.3) is 0 Å². The summed E-state index contributed by atoms with van der Waals surface area (Å²) in [5.41, 5.74) is 8.74. The number of nitrogens with two attached hydrogens (primary N) is 1. The standard InChI is InChI=1S/C15H15NOS/c1-11-5-7-14(8-6-11)17-10-12-3-2-4-13(9-12)15(16)18/h2-9H,10H2,1H3,(H2,16,18). The Morgan fingerprint density at radius 3 is 2.56 bits per heavy atom. The SMILES string of the molecule is Cc1ccc(OCc2cccc(C(N)=S)c2)cc1. The minimum absolute atomic E-state index is 0.409. The van der Waals surface area contributed by atoms with Crippen LogP contribution < -0.4 is 10.5 Å². The molecule has 0 spiro atoms. The highest BCUT2D eigenvalue weighted by Crippen LogP contribution is 2.14. The van der Waals surface area contributed by atoms with Crippen molar-refractivity contribution in [2.24, 2.45) is 5.73 Å². The topological polar surface area (TPSA) is 35.2 Å². The summed E-state index contributed by atoms with van der Waals surface area (Å²) in [6, 6.07) is 15.8. The first-order valence-electron chi connectivity index (χ1n) is 5.73. The van der Waals surface area contributed by atoms with Gasteiger partial charge in [0.15, 0.2) is 0 Å². The van der Waals surface area contributed by atoms with Gasteiger partial charge in [-0.3, -0.25) is 0 Å². The molecule has 0 amide bonds. The number of hydrogen-bond acceptors (Lipinski definition) is 2. The van der Waals surface area contributed by atoms with Crippen LogP contribution in [-0.2, 0) is 6.61 Å². The first-order chi connectivity index (χ1) is 8.65. The molecular formula is C15H15NOS. The van der Waals surface area contributed by atoms with Gasteiger partial charge in [-0.15, -0.1) is 0 Å². The largest absolute Gasteiger partial charge is 0.489 e. The monoisotopic (exact) mass is 257 g/mol. The second-order valence-corrected chi connectivity index (χ2v) is 4.61. The second-order valence-electron chi connectivity index (χ2n) is 4.17. The van der Waals surface area contributed by atoms with E-state index in [2.05, 4.69) is 6.92 Å². The lowest BCUT2D eigenvalue weighted by atomic mass is 10.1. The summed E-state index contributed by atoms with van der Waals surface area (Å²) in [6.45, 7) is 2.56. The lowest BCUT2D eigenvalue weighted by molar-refractivity contribution is 0.306. The van der Waals surface area contributed by atoms with E-state index in [4.69, 9.17) is 22.7 Å². The summed E-state index contributed by atoms with van der Waals surface area (Å²) in [7, 11) is 0. The Morgan fingerprint density at radius 2 is 1.89 bits per heavy atom. The molecule has 3 heteroatoms. The smallest absolute Gasteiger partial charge is 0.119 e. The Bertz CT molecular complexity index is 549. The van der Waals surface area contributed by atoms with E-state index in [1.165, 1.54) is 5.56 Å². The van der Waals surface area contributed by atoms with Crippen molar-refractivity contribution >= 4 is 17.2 Å². The van der Waals surface area contributed by atoms with E-state index in [0.717, 1.165) is 16.9 Å². The predicted molar refractivity (Wildman–Crippen MR) is 77.8 cm³/mol. The molecule has 2 N–H and O–H groups in total. The summed E-state index contributed by atoms with van der Waals surface area (Å²) >= 11 is 4.95. The number of aryl methyl sites for hydroxylation is 1. The summed E-state index contributed by atoms with van der Waals surface area (Å²) in [5.74, 6) is 0.862. The van der Waals surface area contributed by atoms with Gasteiger partial charge in [-0.1, -0.05) is 48.1 Å². The molecule has 0 saturated heterocycles. The van der Waals surface area contributed by atoms with E-state index in [-0.39, 0.29) is 0 Å². The molecule has 2 rings (SSSR count). The summed E-state index contributed by atoms with van der Waals surface area (Å²) < 4.78 is 5.70. The summed E-state index contributed by atoms with van der Waals surface area (Å²) in [6.07, 6.45) is 0. The van der Waals surface area contributed by atoms with E-state index in [1.54, 1.807) is 0 Å². The number of thiocarbonyl (C=S) groups is 1. The third-order valence-electron chi connectivity index (χ3n) is 2.64. The van der Waals surface area contributed by atoms with Crippen LogP contribution in [0.4, 0.5) is 0 Å². The molecule has 0 aliphatic rings. The molecule has 0 aromatic heterocycles. The molecule has 0 atom stereocenters. The maximum absolute atomic E-state index is 5.70. The van der Waals surface area contributed by atoms with Gasteiger partial charge in [0.1, 0.15) is 17.3 Å². The van der Waals surface area contributed by atoms with Crippen LogP contribution in [-0.4, -0.2) is 4.99 Å². The lowest BCUT2D eigenvalue weighted by Crippen LogP contribution is -2.09. The van der Waals surface area contributed by atoms with Gasteiger partial charge < -0.3 is 10.5 Å². The summed E-state index contributed by atoms with van der Waals surface area (Å²) in [5, 5.41) is 0. The Balaban J connectivity index is 2.04. The van der Waals surface area contributed by atoms with Crippen molar-refractivity contribution in [1.82, 2.24) is 0 Å². The zero-order valence-corrected chi connectivity index (χ0v) is 11.0. The third-order valence-corrected chi connectivity index (χ3v) is 2.87. The minimum Gasteiger partial charge on any atom is -0.489 e. The van der Waals surface area contributed by atoms with Gasteiger partial charge in [0, 0.05) is 5.56 Å². The van der Waals surface area contributed by atoms with Crippen LogP contribution in [0, 0.1) is 6.92 Å². The van der Waals surface area contributed by atoms with Crippen LogP contribution in [0.15, 0.2) is 48.5 Å². The van der Waals surface area contributed by atoms with Gasteiger partial charge in [-0.05, 0) is 30.7 Å². The van der Waals surface area contributed by atoms with Crippen LogP contribution in [0.2, 0.25) is 0 Å². The number of ether oxygens (including phenoxy) is 1. The van der Waals surface area contributed by atoms with Crippen LogP contribution in [0.5, 0.6) is 5.75 Å². The molecule has 0 bridgehead atoms. The Hall–Kier alpha value is -1.87. The minimum atomic E-state index is 0.409. The van der Waals surface area contributed by atoms with E-state index in [1.807, 2.05) is 48.5 Å². The number of benzene rings is 2. The number of hydrogen-bond donors (Lipinski definition) is 1. The fourth-order valence-electron chi connectivity index (χ4n) is 1.62. The molecule has 2 nitrogen and oxygen atoms in total. The van der Waals surface area contributed by atoms with Crippen LogP contribution >= 0.6 is 12.2 Å². The van der Waals surface area contributed by atoms with Crippen molar-refractivity contribution in [3.8, 4) is 5.75 Å². The maximum Gasteiger partial charge on any atom is 0.119 e.